The van der Waals surface area contributed by atoms with Gasteiger partial charge < -0.3 is 9.88 Å². The van der Waals surface area contributed by atoms with Gasteiger partial charge in [0.2, 0.25) is 0 Å². The maximum absolute atomic E-state index is 8.97. The first-order valence-corrected chi connectivity index (χ1v) is 7.31. The maximum atomic E-state index is 8.97. The number of aromatic nitrogens is 1. The molecule has 3 nitrogen and oxygen atoms in total. The van der Waals surface area contributed by atoms with E-state index in [2.05, 4.69) is 31.5 Å². The average Bonchev–Trinajstić information content (AvgIpc) is 2.61. The van der Waals surface area contributed by atoms with E-state index < -0.39 is 0 Å². The highest BCUT2D eigenvalue weighted by molar-refractivity contribution is 7.98. The predicted octanol–water partition coefficient (Wildman–Crippen LogP) is 2.44. The standard InChI is InChI=1S/C13H21N3S/c1-5-12(9-17-4)15-8-11-6-13(7-14)16(3)10(11)2/h6,12,15H,5,8-9H2,1-4H3. The van der Waals surface area contributed by atoms with E-state index in [0.29, 0.717) is 6.04 Å². The van der Waals surface area contributed by atoms with Crippen molar-refractivity contribution in [3.63, 3.8) is 0 Å². The summed E-state index contributed by atoms with van der Waals surface area (Å²) in [5.74, 6) is 1.13. The van der Waals surface area contributed by atoms with E-state index in [-0.39, 0.29) is 0 Å². The minimum absolute atomic E-state index is 0.551. The third kappa shape index (κ3) is 3.52. The Kier molecular flexibility index (Phi) is 5.60. The largest absolute Gasteiger partial charge is 0.340 e. The number of hydrogen-bond donors (Lipinski definition) is 1. The van der Waals surface area contributed by atoms with Crippen LogP contribution in [0, 0.1) is 18.3 Å². The van der Waals surface area contributed by atoms with Crippen LogP contribution >= 0.6 is 11.8 Å². The molecule has 0 saturated carbocycles. The lowest BCUT2D eigenvalue weighted by molar-refractivity contribution is 0.540. The summed E-state index contributed by atoms with van der Waals surface area (Å²) in [6.45, 7) is 5.11. The van der Waals surface area contributed by atoms with Crippen molar-refractivity contribution in [1.29, 1.82) is 5.26 Å². The molecule has 94 valence electrons. The number of nitrogens with one attached hydrogen (secondary N) is 1. The third-order valence-corrected chi connectivity index (χ3v) is 3.93. The van der Waals surface area contributed by atoms with Gasteiger partial charge in [-0.25, -0.2) is 0 Å². The molecular formula is C13H21N3S. The fourth-order valence-electron chi connectivity index (χ4n) is 1.83. The molecule has 0 radical (unpaired) electrons. The molecule has 1 aromatic rings. The molecule has 1 aromatic heterocycles. The van der Waals surface area contributed by atoms with Gasteiger partial charge in [-0.2, -0.15) is 17.0 Å². The molecule has 0 fully saturated rings. The van der Waals surface area contributed by atoms with Crippen molar-refractivity contribution in [3.05, 3.63) is 23.0 Å². The van der Waals surface area contributed by atoms with Crippen molar-refractivity contribution in [3.8, 4) is 6.07 Å². The molecule has 1 N–H and O–H groups in total. The first-order chi connectivity index (χ1) is 8.13. The third-order valence-electron chi connectivity index (χ3n) is 3.20. The highest BCUT2D eigenvalue weighted by atomic mass is 32.2. The molecule has 0 bridgehead atoms. The van der Waals surface area contributed by atoms with E-state index in [0.717, 1.165) is 24.4 Å². The summed E-state index contributed by atoms with van der Waals surface area (Å²) in [7, 11) is 1.94. The van der Waals surface area contributed by atoms with Crippen LogP contribution in [0.4, 0.5) is 0 Å². The Morgan fingerprint density at radius 3 is 2.76 bits per heavy atom. The van der Waals surface area contributed by atoms with Crippen molar-refractivity contribution in [2.75, 3.05) is 12.0 Å². The van der Waals surface area contributed by atoms with Gasteiger partial charge in [0.25, 0.3) is 0 Å². The zero-order valence-corrected chi connectivity index (χ0v) is 11.9. The van der Waals surface area contributed by atoms with Crippen LogP contribution < -0.4 is 5.32 Å². The molecule has 1 rings (SSSR count). The number of hydrogen-bond acceptors (Lipinski definition) is 3. The van der Waals surface area contributed by atoms with Crippen LogP contribution in [0.1, 0.15) is 30.3 Å². The van der Waals surface area contributed by atoms with Crippen molar-refractivity contribution in [1.82, 2.24) is 9.88 Å². The number of rotatable bonds is 6. The van der Waals surface area contributed by atoms with E-state index in [9.17, 15) is 0 Å². The molecule has 0 aliphatic rings. The molecule has 0 aliphatic carbocycles. The average molecular weight is 251 g/mol. The molecule has 0 aromatic carbocycles. The molecule has 0 aliphatic heterocycles. The lowest BCUT2D eigenvalue weighted by Gasteiger charge is -2.15. The van der Waals surface area contributed by atoms with Crippen molar-refractivity contribution >= 4 is 11.8 Å². The highest BCUT2D eigenvalue weighted by Gasteiger charge is 2.10. The second-order valence-electron chi connectivity index (χ2n) is 4.25. The molecule has 1 unspecified atom stereocenters. The van der Waals surface area contributed by atoms with Gasteiger partial charge in [0.05, 0.1) is 0 Å². The van der Waals surface area contributed by atoms with Crippen LogP contribution in [0.5, 0.6) is 0 Å². The molecule has 1 heterocycles. The molecule has 0 amide bonds. The van der Waals surface area contributed by atoms with E-state index >= 15 is 0 Å². The van der Waals surface area contributed by atoms with Crippen molar-refractivity contribution in [2.45, 2.75) is 32.9 Å². The van der Waals surface area contributed by atoms with E-state index in [1.54, 1.807) is 0 Å². The maximum Gasteiger partial charge on any atom is 0.120 e. The number of nitriles is 1. The molecule has 4 heteroatoms. The van der Waals surface area contributed by atoms with Crippen LogP contribution in [-0.2, 0) is 13.6 Å². The van der Waals surface area contributed by atoms with Gasteiger partial charge >= 0.3 is 0 Å². The first-order valence-electron chi connectivity index (χ1n) is 5.91. The summed E-state index contributed by atoms with van der Waals surface area (Å²) in [6.07, 6.45) is 3.27. The van der Waals surface area contributed by atoms with E-state index in [1.165, 1.54) is 11.3 Å². The van der Waals surface area contributed by atoms with Gasteiger partial charge in [-0.3, -0.25) is 0 Å². The van der Waals surface area contributed by atoms with Crippen LogP contribution in [0.3, 0.4) is 0 Å². The summed E-state index contributed by atoms with van der Waals surface area (Å²) < 4.78 is 1.95. The normalized spacial score (nSPS) is 12.4. The van der Waals surface area contributed by atoms with Crippen LogP contribution in [0.2, 0.25) is 0 Å². The van der Waals surface area contributed by atoms with Crippen LogP contribution in [-0.4, -0.2) is 22.6 Å². The Hall–Kier alpha value is -0.920. The molecule has 17 heavy (non-hydrogen) atoms. The summed E-state index contributed by atoms with van der Waals surface area (Å²) >= 11 is 1.87. The molecular weight excluding hydrogens is 230 g/mol. The summed E-state index contributed by atoms with van der Waals surface area (Å²) in [5, 5.41) is 12.5. The zero-order chi connectivity index (χ0) is 12.8. The van der Waals surface area contributed by atoms with E-state index in [1.807, 2.05) is 29.4 Å². The topological polar surface area (TPSA) is 40.8 Å². The van der Waals surface area contributed by atoms with Gasteiger partial charge in [0.1, 0.15) is 11.8 Å². The number of nitrogens with zero attached hydrogens (tertiary/aromatic N) is 2. The zero-order valence-electron chi connectivity index (χ0n) is 11.1. The Morgan fingerprint density at radius 2 is 2.29 bits per heavy atom. The Morgan fingerprint density at radius 1 is 1.59 bits per heavy atom. The van der Waals surface area contributed by atoms with Crippen LogP contribution in [0.15, 0.2) is 6.07 Å². The van der Waals surface area contributed by atoms with Crippen molar-refractivity contribution < 1.29 is 0 Å². The van der Waals surface area contributed by atoms with Gasteiger partial charge in [-0.1, -0.05) is 6.92 Å². The van der Waals surface area contributed by atoms with Gasteiger partial charge in [-0.05, 0) is 31.2 Å². The fraction of sp³-hybridized carbons (Fsp3) is 0.615. The predicted molar refractivity (Wildman–Crippen MR) is 74.2 cm³/mol. The van der Waals surface area contributed by atoms with Crippen molar-refractivity contribution in [2.24, 2.45) is 7.05 Å². The smallest absolute Gasteiger partial charge is 0.120 e. The first kappa shape index (κ1) is 14.1. The Balaban J connectivity index is 2.66. The van der Waals surface area contributed by atoms with Gasteiger partial charge in [-0.15, -0.1) is 0 Å². The number of thioether (sulfide) groups is 1. The Bertz CT molecular complexity index is 404. The summed E-state index contributed by atoms with van der Waals surface area (Å²) in [6, 6.07) is 4.75. The van der Waals surface area contributed by atoms with Crippen LogP contribution in [0.25, 0.3) is 0 Å². The summed E-state index contributed by atoms with van der Waals surface area (Å²) in [4.78, 5) is 0. The Labute approximate surface area is 108 Å². The molecule has 1 atom stereocenters. The lowest BCUT2D eigenvalue weighted by atomic mass is 10.2. The second-order valence-corrected chi connectivity index (χ2v) is 5.16. The molecule has 0 spiro atoms. The lowest BCUT2D eigenvalue weighted by Crippen LogP contribution is -2.30. The minimum Gasteiger partial charge on any atom is -0.340 e. The summed E-state index contributed by atoms with van der Waals surface area (Å²) in [5.41, 5.74) is 3.13. The molecule has 0 saturated heterocycles. The quantitative estimate of drug-likeness (QED) is 0.844. The fourth-order valence-corrected chi connectivity index (χ4v) is 2.58. The van der Waals surface area contributed by atoms with Gasteiger partial charge in [0.15, 0.2) is 0 Å². The minimum atomic E-state index is 0.551. The monoisotopic (exact) mass is 251 g/mol. The van der Waals surface area contributed by atoms with E-state index in [4.69, 9.17) is 5.26 Å². The highest BCUT2D eigenvalue weighted by Crippen LogP contribution is 2.13. The van der Waals surface area contributed by atoms with Gasteiger partial charge in [0, 0.05) is 31.1 Å². The SMILES string of the molecule is CCC(CSC)NCc1cc(C#N)n(C)c1C. The second kappa shape index (κ2) is 6.73.